The minimum Gasteiger partial charge on any atom is -0.481 e. The first-order chi connectivity index (χ1) is 26.1. The average molecular weight is 752 g/mol. The van der Waals surface area contributed by atoms with Gasteiger partial charge in [0, 0.05) is 23.5 Å². The average Bonchev–Trinajstić information content (AvgIpc) is 3.53. The van der Waals surface area contributed by atoms with E-state index < -0.39 is 78.1 Å². The molecule has 5 aromatic rings. The predicted octanol–water partition coefficient (Wildman–Crippen LogP) is 4.55. The van der Waals surface area contributed by atoms with Gasteiger partial charge >= 0.3 is 12.1 Å². The summed E-state index contributed by atoms with van der Waals surface area (Å²) < 4.78 is 19.1. The largest absolute Gasteiger partial charge is 0.481 e. The third-order valence-electron chi connectivity index (χ3n) is 8.65. The van der Waals surface area contributed by atoms with Gasteiger partial charge in [0.25, 0.3) is 11.8 Å². The van der Waals surface area contributed by atoms with Crippen LogP contribution in [-0.2, 0) is 48.0 Å². The Balaban J connectivity index is 1.48. The van der Waals surface area contributed by atoms with Crippen LogP contribution in [0.5, 0.6) is 0 Å². The normalized spacial score (nSPS) is 13.0. The smallest absolute Gasteiger partial charge is 0.408 e. The summed E-state index contributed by atoms with van der Waals surface area (Å²) in [7, 11) is 0. The Morgan fingerprint density at radius 3 is 2.15 bits per heavy atom. The van der Waals surface area contributed by atoms with Crippen LogP contribution in [0.15, 0.2) is 97.2 Å². The van der Waals surface area contributed by atoms with Crippen LogP contribution in [0.1, 0.15) is 43.9 Å². The predicted molar refractivity (Wildman–Crippen MR) is 202 cm³/mol. The fourth-order valence-corrected chi connectivity index (χ4v) is 6.06. The van der Waals surface area contributed by atoms with E-state index in [4.69, 9.17) is 10.5 Å². The second kappa shape index (κ2) is 17.2. The molecule has 5 amide bonds. The molecule has 55 heavy (non-hydrogen) atoms. The fourth-order valence-electron chi connectivity index (χ4n) is 6.06. The monoisotopic (exact) mass is 751 g/mol. The van der Waals surface area contributed by atoms with E-state index in [1.54, 1.807) is 57.3 Å². The van der Waals surface area contributed by atoms with Gasteiger partial charge in [-0.25, -0.2) is 14.1 Å². The van der Waals surface area contributed by atoms with E-state index in [9.17, 15) is 38.3 Å². The van der Waals surface area contributed by atoms with Crippen molar-refractivity contribution < 1.29 is 43.0 Å². The molecule has 0 bridgehead atoms. The first-order valence-corrected chi connectivity index (χ1v) is 17.5. The number of aliphatic carboxylic acids is 1. The number of nitrogens with zero attached hydrogens (tertiary/aromatic N) is 1. The molecule has 1 heterocycles. The molecule has 3 atom stereocenters. The quantitative estimate of drug-likeness (QED) is 0.114. The number of carbonyl (C=O) groups is 6. The van der Waals surface area contributed by atoms with Gasteiger partial charge in [0.1, 0.15) is 23.5 Å². The Morgan fingerprint density at radius 2 is 1.45 bits per heavy atom. The van der Waals surface area contributed by atoms with E-state index in [1.165, 1.54) is 12.1 Å². The van der Waals surface area contributed by atoms with E-state index in [2.05, 4.69) is 15.6 Å². The van der Waals surface area contributed by atoms with Crippen molar-refractivity contribution in [3.8, 4) is 0 Å². The van der Waals surface area contributed by atoms with Crippen LogP contribution in [0.3, 0.4) is 0 Å². The Morgan fingerprint density at radius 1 is 0.818 bits per heavy atom. The lowest BCUT2D eigenvalue weighted by atomic mass is 10.0. The number of fused-ring (bicyclic) bond motifs is 2. The van der Waals surface area contributed by atoms with Gasteiger partial charge < -0.3 is 31.2 Å². The molecule has 13 nitrogen and oxygen atoms in total. The molecule has 4 aromatic carbocycles. The van der Waals surface area contributed by atoms with Gasteiger partial charge in [-0.3, -0.25) is 24.0 Å². The number of alkyl carbamates (subject to hydrolysis) is 1. The summed E-state index contributed by atoms with van der Waals surface area (Å²) in [6.45, 7) is 4.82. The van der Waals surface area contributed by atoms with E-state index in [-0.39, 0.29) is 23.3 Å². The number of halogens is 1. The SMILES string of the molecule is CC(C)(C)OC(=O)N[C@@H](Cc1c[nH]c2ccccc12)C(=O)N(C(=O)Cc1ccc(F)cc1)C(=O)[C@@H](CC(=O)O)NC(=O)[C@@H](N)Cc1ccc2ccccc2c1. The molecule has 1 aromatic heterocycles. The van der Waals surface area contributed by atoms with Gasteiger partial charge in [-0.2, -0.15) is 0 Å². The van der Waals surface area contributed by atoms with E-state index in [0.29, 0.717) is 22.0 Å². The van der Waals surface area contributed by atoms with Crippen molar-refractivity contribution in [2.75, 3.05) is 0 Å². The zero-order valence-electron chi connectivity index (χ0n) is 30.5. The lowest BCUT2D eigenvalue weighted by Crippen LogP contribution is -2.60. The Kier molecular flexibility index (Phi) is 12.4. The summed E-state index contributed by atoms with van der Waals surface area (Å²) in [6.07, 6.45) is -1.25. The molecule has 5 rings (SSSR count). The third kappa shape index (κ3) is 10.6. The van der Waals surface area contributed by atoms with Gasteiger partial charge in [-0.1, -0.05) is 72.8 Å². The van der Waals surface area contributed by atoms with E-state index in [1.807, 2.05) is 36.4 Å². The van der Waals surface area contributed by atoms with Crippen molar-refractivity contribution in [3.05, 3.63) is 120 Å². The van der Waals surface area contributed by atoms with Crippen molar-refractivity contribution in [1.82, 2.24) is 20.5 Å². The summed E-state index contributed by atoms with van der Waals surface area (Å²) in [5, 5.41) is 17.2. The second-order valence-corrected chi connectivity index (χ2v) is 14.1. The van der Waals surface area contributed by atoms with Crippen molar-refractivity contribution in [1.29, 1.82) is 0 Å². The van der Waals surface area contributed by atoms with Crippen LogP contribution in [0.2, 0.25) is 0 Å². The molecular weight excluding hydrogens is 709 g/mol. The number of aromatic nitrogens is 1. The number of rotatable bonds is 13. The van der Waals surface area contributed by atoms with Crippen molar-refractivity contribution in [2.24, 2.45) is 5.73 Å². The molecular formula is C41H42FN5O8. The maximum atomic E-state index is 14.6. The number of H-pyrrole nitrogens is 1. The number of para-hydroxylation sites is 1. The molecule has 0 radical (unpaired) electrons. The number of nitrogens with two attached hydrogens (primary N) is 1. The number of ether oxygens (including phenoxy) is 1. The second-order valence-electron chi connectivity index (χ2n) is 14.1. The van der Waals surface area contributed by atoms with E-state index in [0.717, 1.165) is 22.9 Å². The number of carboxylic acids is 1. The maximum Gasteiger partial charge on any atom is 0.408 e. The lowest BCUT2D eigenvalue weighted by Gasteiger charge is -2.29. The van der Waals surface area contributed by atoms with Gasteiger partial charge in [-0.15, -0.1) is 0 Å². The van der Waals surface area contributed by atoms with Crippen LogP contribution in [0.4, 0.5) is 9.18 Å². The summed E-state index contributed by atoms with van der Waals surface area (Å²) in [5.74, 6) is -6.75. The number of carbonyl (C=O) groups excluding carboxylic acids is 5. The van der Waals surface area contributed by atoms with Gasteiger partial charge in [0.05, 0.1) is 18.9 Å². The molecule has 0 fully saturated rings. The van der Waals surface area contributed by atoms with Crippen LogP contribution < -0.4 is 16.4 Å². The number of nitrogens with one attached hydrogen (secondary N) is 3. The van der Waals surface area contributed by atoms with Crippen LogP contribution in [0, 0.1) is 5.82 Å². The molecule has 0 unspecified atom stereocenters. The number of benzene rings is 4. The maximum absolute atomic E-state index is 14.6. The molecule has 0 aliphatic heterocycles. The summed E-state index contributed by atoms with van der Waals surface area (Å²) in [6, 6.07) is 20.1. The zero-order chi connectivity index (χ0) is 39.9. The van der Waals surface area contributed by atoms with Gasteiger partial charge in [-0.05, 0) is 72.9 Å². The molecule has 0 saturated heterocycles. The zero-order valence-corrected chi connectivity index (χ0v) is 30.5. The number of hydrogen-bond donors (Lipinski definition) is 5. The minimum absolute atomic E-state index is 0.0172. The molecule has 286 valence electrons. The lowest BCUT2D eigenvalue weighted by molar-refractivity contribution is -0.158. The van der Waals surface area contributed by atoms with Gasteiger partial charge in [0.15, 0.2) is 0 Å². The highest BCUT2D eigenvalue weighted by Crippen LogP contribution is 2.22. The molecule has 0 aliphatic rings. The first kappa shape index (κ1) is 39.8. The van der Waals surface area contributed by atoms with Crippen molar-refractivity contribution >= 4 is 57.4 Å². The first-order valence-electron chi connectivity index (χ1n) is 17.5. The van der Waals surface area contributed by atoms with Crippen LogP contribution >= 0.6 is 0 Å². The summed E-state index contributed by atoms with van der Waals surface area (Å²) >= 11 is 0. The highest BCUT2D eigenvalue weighted by molar-refractivity contribution is 6.15. The molecule has 0 aliphatic carbocycles. The Bertz CT molecular complexity index is 2230. The standard InChI is InChI=1S/C41H42FN5O8/c1-41(2,3)55-40(54)46-33(21-28-23-44-32-11-7-6-10-30(28)32)38(52)47(35(48)20-24-13-16-29(42)17-14-24)39(53)34(22-36(49)50)45-37(51)31(43)19-25-12-15-26-8-4-5-9-27(26)18-25/h4-18,23,31,33-34,44H,19-22,43H2,1-3H3,(H,45,51)(H,46,54)(H,49,50)/t31-,33-,34+/m0/s1. The Hall–Kier alpha value is -6.41. The Labute approximate surface area is 316 Å². The molecule has 14 heteroatoms. The topological polar surface area (TPSA) is 201 Å². The molecule has 6 N–H and O–H groups in total. The van der Waals surface area contributed by atoms with Crippen LogP contribution in [0.25, 0.3) is 21.7 Å². The number of carboxylic acid groups (broad SMARTS) is 1. The summed E-state index contributed by atoms with van der Waals surface area (Å²) in [5.41, 5.74) is 7.43. The van der Waals surface area contributed by atoms with Gasteiger partial charge in [0.2, 0.25) is 11.8 Å². The molecule has 0 saturated carbocycles. The number of imide groups is 3. The van der Waals surface area contributed by atoms with Crippen LogP contribution in [-0.4, -0.2) is 74.4 Å². The highest BCUT2D eigenvalue weighted by Gasteiger charge is 2.40. The molecule has 0 spiro atoms. The third-order valence-corrected chi connectivity index (χ3v) is 8.65. The number of amides is 5. The van der Waals surface area contributed by atoms with Crippen molar-refractivity contribution in [3.63, 3.8) is 0 Å². The highest BCUT2D eigenvalue weighted by atomic mass is 19.1. The van der Waals surface area contributed by atoms with E-state index >= 15 is 0 Å². The fraction of sp³-hybridized carbons (Fsp3) is 0.268. The number of aromatic amines is 1. The minimum atomic E-state index is -1.94. The number of hydrogen-bond acceptors (Lipinski definition) is 8. The van der Waals surface area contributed by atoms with Crippen molar-refractivity contribution in [2.45, 2.75) is 70.2 Å². The summed E-state index contributed by atoms with van der Waals surface area (Å²) in [4.78, 5) is 84.9.